The van der Waals surface area contributed by atoms with E-state index in [0.717, 1.165) is 25.7 Å². The Kier molecular flexibility index (Phi) is 6.71. The highest BCUT2D eigenvalue weighted by atomic mass is 35.5. The predicted molar refractivity (Wildman–Crippen MR) is 87.5 cm³/mol. The van der Waals surface area contributed by atoms with Gasteiger partial charge in [-0.25, -0.2) is 4.79 Å². The van der Waals surface area contributed by atoms with Gasteiger partial charge in [0.15, 0.2) is 12.7 Å². The monoisotopic (exact) mass is 339 g/mol. The van der Waals surface area contributed by atoms with Crippen LogP contribution in [0.25, 0.3) is 0 Å². The zero-order chi connectivity index (χ0) is 16.7. The van der Waals surface area contributed by atoms with Gasteiger partial charge in [0.05, 0.1) is 0 Å². The number of amides is 1. The largest absolute Gasteiger partial charge is 0.479 e. The fraction of sp³-hybridized carbons (Fsp3) is 0.529. The molecule has 0 spiro atoms. The minimum absolute atomic E-state index is 0.206. The third-order valence-electron chi connectivity index (χ3n) is 3.77. The molecule has 126 valence electrons. The number of benzene rings is 1. The summed E-state index contributed by atoms with van der Waals surface area (Å²) in [6, 6.07) is 6.89. The van der Waals surface area contributed by atoms with Crippen LogP contribution in [0.4, 0.5) is 0 Å². The molecule has 23 heavy (non-hydrogen) atoms. The fourth-order valence-electron chi connectivity index (χ4n) is 2.54. The summed E-state index contributed by atoms with van der Waals surface area (Å²) in [5.74, 6) is -0.312. The van der Waals surface area contributed by atoms with Gasteiger partial charge in [-0.15, -0.1) is 0 Å². The molecule has 1 saturated carbocycles. The highest BCUT2D eigenvalue weighted by Gasteiger charge is 2.20. The minimum atomic E-state index is -0.793. The van der Waals surface area contributed by atoms with E-state index in [9.17, 15) is 9.59 Å². The Morgan fingerprint density at radius 1 is 1.22 bits per heavy atom. The van der Waals surface area contributed by atoms with Crippen LogP contribution in [-0.2, 0) is 14.3 Å². The Hall–Kier alpha value is -1.75. The van der Waals surface area contributed by atoms with Crippen molar-refractivity contribution in [1.82, 2.24) is 5.32 Å². The van der Waals surface area contributed by atoms with Gasteiger partial charge in [-0.1, -0.05) is 30.9 Å². The lowest BCUT2D eigenvalue weighted by molar-refractivity contribution is -0.154. The molecule has 0 radical (unpaired) electrons. The summed E-state index contributed by atoms with van der Waals surface area (Å²) in [6.07, 6.45) is 4.69. The molecule has 0 aliphatic heterocycles. The third-order valence-corrected chi connectivity index (χ3v) is 4.03. The van der Waals surface area contributed by atoms with Crippen molar-refractivity contribution >= 4 is 23.5 Å². The summed E-state index contributed by atoms with van der Waals surface area (Å²) in [4.78, 5) is 23.6. The first kappa shape index (κ1) is 17.6. The Labute approximate surface area is 141 Å². The topological polar surface area (TPSA) is 64.6 Å². The summed E-state index contributed by atoms with van der Waals surface area (Å²) in [7, 11) is 0. The molecule has 1 N–H and O–H groups in total. The van der Waals surface area contributed by atoms with E-state index in [1.165, 1.54) is 6.42 Å². The van der Waals surface area contributed by atoms with Crippen molar-refractivity contribution in [2.75, 3.05) is 6.61 Å². The SMILES string of the molecule is CC(Oc1ccc(Cl)cc1)C(=O)OCC(=O)NC1CCCCC1. The van der Waals surface area contributed by atoms with E-state index in [4.69, 9.17) is 21.1 Å². The number of hydrogen-bond acceptors (Lipinski definition) is 4. The maximum atomic E-state index is 11.9. The predicted octanol–water partition coefficient (Wildman–Crippen LogP) is 3.10. The van der Waals surface area contributed by atoms with Gasteiger partial charge in [0.25, 0.3) is 5.91 Å². The Bertz CT molecular complexity index is 526. The normalized spacial score (nSPS) is 16.4. The second kappa shape index (κ2) is 8.77. The number of esters is 1. The lowest BCUT2D eigenvalue weighted by Crippen LogP contribution is -2.39. The van der Waals surface area contributed by atoms with E-state index < -0.39 is 12.1 Å². The molecule has 1 aromatic rings. The highest BCUT2D eigenvalue weighted by Crippen LogP contribution is 2.18. The Morgan fingerprint density at radius 3 is 2.52 bits per heavy atom. The van der Waals surface area contributed by atoms with Crippen molar-refractivity contribution < 1.29 is 19.1 Å². The van der Waals surface area contributed by atoms with Crippen molar-refractivity contribution in [3.8, 4) is 5.75 Å². The second-order valence-electron chi connectivity index (χ2n) is 5.72. The second-order valence-corrected chi connectivity index (χ2v) is 6.16. The van der Waals surface area contributed by atoms with Crippen LogP contribution in [0.3, 0.4) is 0 Å². The van der Waals surface area contributed by atoms with Crippen LogP contribution in [0.2, 0.25) is 5.02 Å². The van der Waals surface area contributed by atoms with Crippen molar-refractivity contribution in [1.29, 1.82) is 0 Å². The Morgan fingerprint density at radius 2 is 1.87 bits per heavy atom. The van der Waals surface area contributed by atoms with Gasteiger partial charge in [-0.05, 0) is 44.0 Å². The van der Waals surface area contributed by atoms with Crippen LogP contribution < -0.4 is 10.1 Å². The van der Waals surface area contributed by atoms with E-state index >= 15 is 0 Å². The Balaban J connectivity index is 1.70. The fourth-order valence-corrected chi connectivity index (χ4v) is 2.66. The molecule has 0 saturated heterocycles. The maximum Gasteiger partial charge on any atom is 0.347 e. The first-order valence-corrected chi connectivity index (χ1v) is 8.30. The smallest absolute Gasteiger partial charge is 0.347 e. The van der Waals surface area contributed by atoms with Crippen molar-refractivity contribution in [2.45, 2.75) is 51.2 Å². The molecule has 2 rings (SSSR count). The standard InChI is InChI=1S/C17H22ClNO4/c1-12(23-15-9-7-13(18)8-10-15)17(21)22-11-16(20)19-14-5-3-2-4-6-14/h7-10,12,14H,2-6,11H2,1H3,(H,19,20). The number of carbonyl (C=O) groups excluding carboxylic acids is 2. The summed E-state index contributed by atoms with van der Waals surface area (Å²) in [5, 5.41) is 3.49. The number of rotatable bonds is 6. The molecule has 5 nitrogen and oxygen atoms in total. The first-order valence-electron chi connectivity index (χ1n) is 7.93. The minimum Gasteiger partial charge on any atom is -0.479 e. The molecule has 0 bridgehead atoms. The molecule has 1 unspecified atom stereocenters. The van der Waals surface area contributed by atoms with Gasteiger partial charge >= 0.3 is 5.97 Å². The molecular formula is C17H22ClNO4. The van der Waals surface area contributed by atoms with E-state index in [1.807, 2.05) is 0 Å². The van der Waals surface area contributed by atoms with Gasteiger partial charge < -0.3 is 14.8 Å². The van der Waals surface area contributed by atoms with Crippen LogP contribution in [0, 0.1) is 0 Å². The van der Waals surface area contributed by atoms with Crippen LogP contribution in [0.15, 0.2) is 24.3 Å². The number of halogens is 1. The van der Waals surface area contributed by atoms with Gasteiger partial charge in [-0.2, -0.15) is 0 Å². The van der Waals surface area contributed by atoms with Gasteiger partial charge in [-0.3, -0.25) is 4.79 Å². The molecule has 1 aromatic carbocycles. The lowest BCUT2D eigenvalue weighted by atomic mass is 9.95. The van der Waals surface area contributed by atoms with Crippen molar-refractivity contribution in [3.63, 3.8) is 0 Å². The summed E-state index contributed by atoms with van der Waals surface area (Å²) < 4.78 is 10.4. The molecule has 1 atom stereocenters. The first-order chi connectivity index (χ1) is 11.0. The van der Waals surface area contributed by atoms with Crippen LogP contribution >= 0.6 is 11.6 Å². The van der Waals surface area contributed by atoms with E-state index in [1.54, 1.807) is 31.2 Å². The van der Waals surface area contributed by atoms with Crippen molar-refractivity contribution in [3.05, 3.63) is 29.3 Å². The summed E-state index contributed by atoms with van der Waals surface area (Å²) in [5.41, 5.74) is 0. The van der Waals surface area contributed by atoms with Gasteiger partial charge in [0.1, 0.15) is 5.75 Å². The number of ether oxygens (including phenoxy) is 2. The van der Waals surface area contributed by atoms with Gasteiger partial charge in [0.2, 0.25) is 0 Å². The molecule has 1 amide bonds. The van der Waals surface area contributed by atoms with Gasteiger partial charge in [0, 0.05) is 11.1 Å². The zero-order valence-corrected chi connectivity index (χ0v) is 14.0. The average Bonchev–Trinajstić information content (AvgIpc) is 2.55. The summed E-state index contributed by atoms with van der Waals surface area (Å²) >= 11 is 5.78. The van der Waals surface area contributed by atoms with Crippen LogP contribution in [0.5, 0.6) is 5.75 Å². The number of hydrogen-bond donors (Lipinski definition) is 1. The molecule has 0 heterocycles. The molecule has 0 aromatic heterocycles. The van der Waals surface area contributed by atoms with E-state index in [2.05, 4.69) is 5.32 Å². The molecule has 1 aliphatic carbocycles. The number of nitrogens with one attached hydrogen (secondary N) is 1. The quantitative estimate of drug-likeness (QED) is 0.809. The van der Waals surface area contributed by atoms with E-state index in [0.29, 0.717) is 10.8 Å². The zero-order valence-electron chi connectivity index (χ0n) is 13.2. The molecule has 1 fully saturated rings. The molecular weight excluding hydrogens is 318 g/mol. The molecule has 6 heteroatoms. The van der Waals surface area contributed by atoms with Crippen LogP contribution in [-0.4, -0.2) is 30.6 Å². The molecule has 1 aliphatic rings. The van der Waals surface area contributed by atoms with Crippen molar-refractivity contribution in [2.24, 2.45) is 0 Å². The van der Waals surface area contributed by atoms with Crippen LogP contribution in [0.1, 0.15) is 39.0 Å². The lowest BCUT2D eigenvalue weighted by Gasteiger charge is -2.22. The summed E-state index contributed by atoms with van der Waals surface area (Å²) in [6.45, 7) is 1.31. The highest BCUT2D eigenvalue weighted by molar-refractivity contribution is 6.30. The number of carbonyl (C=O) groups is 2. The maximum absolute atomic E-state index is 11.9. The third kappa shape index (κ3) is 6.10. The van der Waals surface area contributed by atoms with E-state index in [-0.39, 0.29) is 18.6 Å². The average molecular weight is 340 g/mol.